The van der Waals surface area contributed by atoms with E-state index in [1.807, 2.05) is 0 Å². The Morgan fingerprint density at radius 2 is 2.07 bits per heavy atom. The van der Waals surface area contributed by atoms with Crippen LogP contribution in [0.3, 0.4) is 0 Å². The van der Waals surface area contributed by atoms with Gasteiger partial charge in [-0.25, -0.2) is 4.39 Å². The van der Waals surface area contributed by atoms with Gasteiger partial charge in [-0.2, -0.15) is 0 Å². The molecule has 82 valence electrons. The molecule has 15 heavy (non-hydrogen) atoms. The summed E-state index contributed by atoms with van der Waals surface area (Å²) in [4.78, 5) is 11.5. The molecule has 0 saturated heterocycles. The van der Waals surface area contributed by atoms with Gasteiger partial charge >= 0.3 is 5.97 Å². The summed E-state index contributed by atoms with van der Waals surface area (Å²) in [5.41, 5.74) is -0.244. The molecule has 0 atom stereocenters. The normalized spacial score (nSPS) is 11.3. The summed E-state index contributed by atoms with van der Waals surface area (Å²) in [6.45, 7) is 3.39. The lowest BCUT2D eigenvalue weighted by Crippen LogP contribution is -2.30. The second kappa shape index (κ2) is 4.31. The molecule has 0 spiro atoms. The number of ether oxygens (including phenoxy) is 1. The number of hydrogen-bond donors (Lipinski definition) is 0. The van der Waals surface area contributed by atoms with Crippen molar-refractivity contribution in [2.45, 2.75) is 19.3 Å². The van der Waals surface area contributed by atoms with Crippen molar-refractivity contribution in [3.63, 3.8) is 0 Å². The Balaban J connectivity index is 3.16. The Bertz CT molecular complexity index is 388. The molecule has 0 aliphatic rings. The second-order valence-electron chi connectivity index (χ2n) is 3.75. The van der Waals surface area contributed by atoms with Crippen molar-refractivity contribution < 1.29 is 13.9 Å². The number of hydrogen-bond acceptors (Lipinski definition) is 2. The number of halogens is 2. The van der Waals surface area contributed by atoms with Crippen LogP contribution in [-0.4, -0.2) is 13.1 Å². The van der Waals surface area contributed by atoms with Crippen LogP contribution in [0.4, 0.5) is 4.39 Å². The van der Waals surface area contributed by atoms with Crippen LogP contribution in [0.25, 0.3) is 0 Å². The minimum atomic E-state index is -0.837. The van der Waals surface area contributed by atoms with Gasteiger partial charge in [0.1, 0.15) is 5.82 Å². The van der Waals surface area contributed by atoms with Gasteiger partial charge in [0.15, 0.2) is 0 Å². The van der Waals surface area contributed by atoms with Crippen molar-refractivity contribution in [1.82, 2.24) is 0 Å². The second-order valence-corrected chi connectivity index (χ2v) is 4.60. The van der Waals surface area contributed by atoms with Crippen molar-refractivity contribution in [3.05, 3.63) is 34.1 Å². The lowest BCUT2D eigenvalue weighted by Gasteiger charge is -2.22. The average Bonchev–Trinajstić information content (AvgIpc) is 2.20. The maximum Gasteiger partial charge on any atom is 0.315 e. The van der Waals surface area contributed by atoms with Crippen molar-refractivity contribution in [2.24, 2.45) is 0 Å². The summed E-state index contributed by atoms with van der Waals surface area (Å²) in [6.07, 6.45) is 0. The summed E-state index contributed by atoms with van der Waals surface area (Å²) in [7, 11) is 1.32. The van der Waals surface area contributed by atoms with E-state index in [1.165, 1.54) is 13.2 Å². The van der Waals surface area contributed by atoms with Crippen LogP contribution >= 0.6 is 15.9 Å². The Morgan fingerprint density at radius 3 is 2.53 bits per heavy atom. The van der Waals surface area contributed by atoms with Gasteiger partial charge in [0.05, 0.1) is 17.0 Å². The van der Waals surface area contributed by atoms with Crippen LogP contribution in [0.2, 0.25) is 0 Å². The van der Waals surface area contributed by atoms with Gasteiger partial charge in [-0.3, -0.25) is 4.79 Å². The topological polar surface area (TPSA) is 26.3 Å². The number of benzene rings is 1. The highest BCUT2D eigenvalue weighted by Crippen LogP contribution is 2.27. The van der Waals surface area contributed by atoms with Crippen molar-refractivity contribution in [3.8, 4) is 0 Å². The average molecular weight is 275 g/mol. The zero-order valence-electron chi connectivity index (χ0n) is 8.80. The van der Waals surface area contributed by atoms with Gasteiger partial charge in [-0.15, -0.1) is 0 Å². The van der Waals surface area contributed by atoms with Gasteiger partial charge in [0, 0.05) is 0 Å². The highest BCUT2D eigenvalue weighted by Gasteiger charge is 2.31. The molecule has 0 N–H and O–H groups in total. The molecule has 2 nitrogen and oxygen atoms in total. The van der Waals surface area contributed by atoms with E-state index in [2.05, 4.69) is 20.7 Å². The van der Waals surface area contributed by atoms with Crippen LogP contribution in [-0.2, 0) is 14.9 Å². The van der Waals surface area contributed by atoms with E-state index in [1.54, 1.807) is 26.0 Å². The third-order valence-electron chi connectivity index (χ3n) is 2.34. The van der Waals surface area contributed by atoms with E-state index in [9.17, 15) is 9.18 Å². The first kappa shape index (κ1) is 12.2. The first-order chi connectivity index (χ1) is 6.89. The summed E-state index contributed by atoms with van der Waals surface area (Å²) in [5.74, 6) is -0.770. The number of carbonyl (C=O) groups excluding carboxylic acids is 1. The van der Waals surface area contributed by atoms with Crippen molar-refractivity contribution >= 4 is 21.9 Å². The predicted octanol–water partition coefficient (Wildman–Crippen LogP) is 3.04. The molecule has 1 aromatic rings. The first-order valence-corrected chi connectivity index (χ1v) is 5.23. The Kier molecular flexibility index (Phi) is 3.50. The fourth-order valence-corrected chi connectivity index (χ4v) is 1.50. The molecule has 0 amide bonds. The van der Waals surface area contributed by atoms with Gasteiger partial charge in [-0.1, -0.05) is 6.07 Å². The zero-order chi connectivity index (χ0) is 11.6. The van der Waals surface area contributed by atoms with Gasteiger partial charge in [0.25, 0.3) is 0 Å². The van der Waals surface area contributed by atoms with Crippen molar-refractivity contribution in [2.75, 3.05) is 7.11 Å². The van der Waals surface area contributed by atoms with Gasteiger partial charge in [0.2, 0.25) is 0 Å². The Hall–Kier alpha value is -0.900. The molecule has 0 aliphatic heterocycles. The van der Waals surface area contributed by atoms with Crippen LogP contribution < -0.4 is 0 Å². The SMILES string of the molecule is COC(=O)C(C)(C)c1ccc(Br)c(F)c1. The molecule has 0 fully saturated rings. The van der Waals surface area contributed by atoms with Crippen LogP contribution in [0, 0.1) is 5.82 Å². The summed E-state index contributed by atoms with van der Waals surface area (Å²) < 4.78 is 18.3. The third kappa shape index (κ3) is 2.37. The molecular weight excluding hydrogens is 263 g/mol. The minimum absolute atomic E-state index is 0.381. The van der Waals surface area contributed by atoms with Crippen LogP contribution in [0.1, 0.15) is 19.4 Å². The van der Waals surface area contributed by atoms with E-state index in [-0.39, 0.29) is 11.8 Å². The number of methoxy groups -OCH3 is 1. The smallest absolute Gasteiger partial charge is 0.315 e. The molecule has 1 rings (SSSR count). The molecule has 1 aromatic carbocycles. The van der Waals surface area contributed by atoms with E-state index in [4.69, 9.17) is 0 Å². The fourth-order valence-electron chi connectivity index (χ4n) is 1.26. The summed E-state index contributed by atoms with van der Waals surface area (Å²) in [6, 6.07) is 4.61. The standard InChI is InChI=1S/C11H12BrFO2/c1-11(2,10(14)15-3)7-4-5-8(12)9(13)6-7/h4-6H,1-3H3. The predicted molar refractivity (Wildman–Crippen MR) is 59.1 cm³/mol. The first-order valence-electron chi connectivity index (χ1n) is 4.43. The van der Waals surface area contributed by atoms with Gasteiger partial charge in [-0.05, 0) is 47.5 Å². The van der Waals surface area contributed by atoms with E-state index >= 15 is 0 Å². The molecule has 0 saturated carbocycles. The summed E-state index contributed by atoms with van der Waals surface area (Å²) in [5, 5.41) is 0. The Morgan fingerprint density at radius 1 is 1.47 bits per heavy atom. The fraction of sp³-hybridized carbons (Fsp3) is 0.364. The van der Waals surface area contributed by atoms with E-state index < -0.39 is 5.41 Å². The Labute approximate surface area is 96.6 Å². The minimum Gasteiger partial charge on any atom is -0.468 e. The van der Waals surface area contributed by atoms with Crippen LogP contribution in [0.5, 0.6) is 0 Å². The molecule has 0 heterocycles. The number of carbonyl (C=O) groups is 1. The lowest BCUT2D eigenvalue weighted by atomic mass is 9.85. The highest BCUT2D eigenvalue weighted by atomic mass is 79.9. The molecule has 0 unspecified atom stereocenters. The highest BCUT2D eigenvalue weighted by molar-refractivity contribution is 9.10. The third-order valence-corrected chi connectivity index (χ3v) is 2.98. The molecule has 0 bridgehead atoms. The van der Waals surface area contributed by atoms with Crippen LogP contribution in [0.15, 0.2) is 22.7 Å². The maximum absolute atomic E-state index is 13.3. The van der Waals surface area contributed by atoms with E-state index in [0.29, 0.717) is 10.0 Å². The van der Waals surface area contributed by atoms with E-state index in [0.717, 1.165) is 0 Å². The van der Waals surface area contributed by atoms with Gasteiger partial charge < -0.3 is 4.74 Å². The summed E-state index contributed by atoms with van der Waals surface area (Å²) >= 11 is 3.06. The molecule has 0 aromatic heterocycles. The molecule has 0 aliphatic carbocycles. The zero-order valence-corrected chi connectivity index (χ0v) is 10.4. The number of esters is 1. The largest absolute Gasteiger partial charge is 0.468 e. The molecular formula is C11H12BrFO2. The monoisotopic (exact) mass is 274 g/mol. The number of rotatable bonds is 2. The molecule has 0 radical (unpaired) electrons. The lowest BCUT2D eigenvalue weighted by molar-refractivity contribution is -0.146. The van der Waals surface area contributed by atoms with Crippen molar-refractivity contribution in [1.29, 1.82) is 0 Å². The maximum atomic E-state index is 13.3. The quantitative estimate of drug-likeness (QED) is 0.775. The molecule has 4 heteroatoms.